The lowest BCUT2D eigenvalue weighted by atomic mass is 10.3. The predicted octanol–water partition coefficient (Wildman–Crippen LogP) is 6.08. The minimum atomic E-state index is -0.318. The number of thioether (sulfide) groups is 1. The summed E-state index contributed by atoms with van der Waals surface area (Å²) in [6, 6.07) is 14.7. The van der Waals surface area contributed by atoms with Gasteiger partial charge in [0.25, 0.3) is 0 Å². The first-order chi connectivity index (χ1) is 14.1. The van der Waals surface area contributed by atoms with Gasteiger partial charge in [-0.2, -0.15) is 0 Å². The molecule has 3 rings (SSSR count). The highest BCUT2D eigenvalue weighted by atomic mass is 35.5. The minimum absolute atomic E-state index is 0.318. The molecule has 0 saturated carbocycles. The van der Waals surface area contributed by atoms with E-state index in [-0.39, 0.29) is 6.10 Å². The van der Waals surface area contributed by atoms with E-state index in [1.54, 1.807) is 30.0 Å². The van der Waals surface area contributed by atoms with Gasteiger partial charge < -0.3 is 9.47 Å². The lowest BCUT2D eigenvalue weighted by Crippen LogP contribution is -2.12. The van der Waals surface area contributed by atoms with Crippen molar-refractivity contribution in [3.8, 4) is 11.5 Å². The van der Waals surface area contributed by atoms with Crippen molar-refractivity contribution in [1.29, 1.82) is 0 Å². The number of hydrogen-bond donors (Lipinski definition) is 0. The summed E-state index contributed by atoms with van der Waals surface area (Å²) in [5, 5.41) is 10.7. The average Bonchev–Trinajstić information content (AvgIpc) is 3.11. The van der Waals surface area contributed by atoms with Gasteiger partial charge >= 0.3 is 0 Å². The first-order valence-electron chi connectivity index (χ1n) is 9.05. The Morgan fingerprint density at radius 2 is 1.90 bits per heavy atom. The van der Waals surface area contributed by atoms with Gasteiger partial charge in [-0.15, -0.1) is 16.8 Å². The second kappa shape index (κ2) is 10.6. The van der Waals surface area contributed by atoms with Gasteiger partial charge in [0.05, 0.1) is 11.6 Å². The summed E-state index contributed by atoms with van der Waals surface area (Å²) in [4.78, 5) is 0. The molecule has 0 aliphatic carbocycles. The van der Waals surface area contributed by atoms with Gasteiger partial charge in [-0.3, -0.25) is 4.57 Å². The maximum atomic E-state index is 6.20. The molecule has 0 amide bonds. The van der Waals surface area contributed by atoms with E-state index in [2.05, 4.69) is 16.8 Å². The molecule has 152 valence electrons. The number of allylic oxidation sites excluding steroid dienone is 1. The van der Waals surface area contributed by atoms with Crippen LogP contribution in [0, 0.1) is 0 Å². The Bertz CT molecular complexity index is 947. The molecular formula is C21H21Cl2N3O2S. The third-order valence-corrected chi connectivity index (χ3v) is 5.45. The second-order valence-corrected chi connectivity index (χ2v) is 7.99. The molecular weight excluding hydrogens is 429 g/mol. The Hall–Kier alpha value is -2.15. The van der Waals surface area contributed by atoms with Gasteiger partial charge in [0.2, 0.25) is 0 Å². The van der Waals surface area contributed by atoms with Crippen molar-refractivity contribution in [2.45, 2.75) is 24.7 Å². The molecule has 1 atom stereocenters. The smallest absolute Gasteiger partial charge is 0.191 e. The minimum Gasteiger partial charge on any atom is -0.493 e. The molecule has 0 aliphatic rings. The largest absolute Gasteiger partial charge is 0.493 e. The molecule has 0 bridgehead atoms. The molecule has 0 spiro atoms. The SMILES string of the molecule is C=CCn1c(SCCOc2ccc(Cl)cc2)nnc1C(C)Oc1ccccc1Cl. The average molecular weight is 450 g/mol. The van der Waals surface area contributed by atoms with Crippen molar-refractivity contribution >= 4 is 35.0 Å². The summed E-state index contributed by atoms with van der Waals surface area (Å²) in [6.45, 7) is 6.88. The van der Waals surface area contributed by atoms with Gasteiger partial charge in [-0.1, -0.05) is 53.2 Å². The van der Waals surface area contributed by atoms with E-state index in [1.807, 2.05) is 47.9 Å². The van der Waals surface area contributed by atoms with E-state index >= 15 is 0 Å². The van der Waals surface area contributed by atoms with E-state index in [0.29, 0.717) is 34.8 Å². The van der Waals surface area contributed by atoms with Crippen LogP contribution in [0.5, 0.6) is 11.5 Å². The summed E-state index contributed by atoms with van der Waals surface area (Å²) in [7, 11) is 0. The molecule has 0 N–H and O–H groups in total. The first-order valence-corrected chi connectivity index (χ1v) is 10.8. The number of aromatic nitrogens is 3. The molecule has 0 saturated heterocycles. The Labute approximate surface area is 184 Å². The third-order valence-electron chi connectivity index (χ3n) is 3.96. The zero-order chi connectivity index (χ0) is 20.6. The van der Waals surface area contributed by atoms with Crippen LogP contribution < -0.4 is 9.47 Å². The third kappa shape index (κ3) is 5.92. The zero-order valence-electron chi connectivity index (χ0n) is 15.9. The molecule has 8 heteroatoms. The Morgan fingerprint density at radius 3 is 2.62 bits per heavy atom. The molecule has 0 aliphatic heterocycles. The van der Waals surface area contributed by atoms with Crippen molar-refractivity contribution in [2.75, 3.05) is 12.4 Å². The molecule has 0 radical (unpaired) electrons. The summed E-state index contributed by atoms with van der Waals surface area (Å²) in [5.41, 5.74) is 0. The Balaban J connectivity index is 1.62. The monoisotopic (exact) mass is 449 g/mol. The van der Waals surface area contributed by atoms with Crippen LogP contribution in [0.25, 0.3) is 0 Å². The number of hydrogen-bond acceptors (Lipinski definition) is 5. The number of para-hydroxylation sites is 1. The zero-order valence-corrected chi connectivity index (χ0v) is 18.3. The lowest BCUT2D eigenvalue weighted by molar-refractivity contribution is 0.210. The molecule has 5 nitrogen and oxygen atoms in total. The highest BCUT2D eigenvalue weighted by Gasteiger charge is 2.19. The second-order valence-electron chi connectivity index (χ2n) is 6.08. The number of rotatable bonds is 10. The van der Waals surface area contributed by atoms with Gasteiger partial charge in [-0.25, -0.2) is 0 Å². The summed E-state index contributed by atoms with van der Waals surface area (Å²) in [5.74, 6) is 2.83. The van der Waals surface area contributed by atoms with Gasteiger partial charge in [0, 0.05) is 17.3 Å². The number of ether oxygens (including phenoxy) is 2. The number of nitrogens with zero attached hydrogens (tertiary/aromatic N) is 3. The molecule has 0 fully saturated rings. The highest BCUT2D eigenvalue weighted by Crippen LogP contribution is 2.29. The van der Waals surface area contributed by atoms with Crippen LogP contribution in [0.4, 0.5) is 0 Å². The van der Waals surface area contributed by atoms with Crippen LogP contribution in [0.2, 0.25) is 10.0 Å². The van der Waals surface area contributed by atoms with Crippen molar-refractivity contribution in [1.82, 2.24) is 14.8 Å². The Kier molecular flexibility index (Phi) is 7.86. The predicted molar refractivity (Wildman–Crippen MR) is 118 cm³/mol. The van der Waals surface area contributed by atoms with Gasteiger partial charge in [-0.05, 0) is 43.3 Å². The fourth-order valence-electron chi connectivity index (χ4n) is 2.61. The van der Waals surface area contributed by atoms with E-state index < -0.39 is 0 Å². The summed E-state index contributed by atoms with van der Waals surface area (Å²) in [6.07, 6.45) is 1.49. The van der Waals surface area contributed by atoms with Crippen LogP contribution in [0.15, 0.2) is 66.3 Å². The number of benzene rings is 2. The standard InChI is InChI=1S/C21H21Cl2N3O2S/c1-3-12-26-20(15(2)28-19-7-5-4-6-18(19)23)24-25-21(26)29-14-13-27-17-10-8-16(22)9-11-17/h3-11,15H,1,12-14H2,2H3. The highest BCUT2D eigenvalue weighted by molar-refractivity contribution is 7.99. The van der Waals surface area contributed by atoms with E-state index in [0.717, 1.165) is 16.7 Å². The van der Waals surface area contributed by atoms with Gasteiger partial charge in [0.1, 0.15) is 11.5 Å². The molecule has 2 aromatic carbocycles. The number of halogens is 2. The van der Waals surface area contributed by atoms with Gasteiger partial charge in [0.15, 0.2) is 17.1 Å². The summed E-state index contributed by atoms with van der Waals surface area (Å²) < 4.78 is 13.7. The molecule has 1 aromatic heterocycles. The van der Waals surface area contributed by atoms with E-state index in [1.165, 1.54) is 0 Å². The maximum absolute atomic E-state index is 6.20. The van der Waals surface area contributed by atoms with Crippen LogP contribution in [0.3, 0.4) is 0 Å². The fraction of sp³-hybridized carbons (Fsp3) is 0.238. The topological polar surface area (TPSA) is 49.2 Å². The van der Waals surface area contributed by atoms with Crippen molar-refractivity contribution in [3.63, 3.8) is 0 Å². The van der Waals surface area contributed by atoms with Crippen molar-refractivity contribution in [3.05, 3.63) is 77.1 Å². The normalized spacial score (nSPS) is 11.8. The van der Waals surface area contributed by atoms with Crippen molar-refractivity contribution in [2.24, 2.45) is 0 Å². The molecule has 3 aromatic rings. The molecule has 1 heterocycles. The van der Waals surface area contributed by atoms with Crippen molar-refractivity contribution < 1.29 is 9.47 Å². The first kappa shape index (κ1) is 21.6. The van der Waals surface area contributed by atoms with Crippen LogP contribution in [-0.4, -0.2) is 27.1 Å². The maximum Gasteiger partial charge on any atom is 0.191 e. The quantitative estimate of drug-likeness (QED) is 0.213. The Morgan fingerprint density at radius 1 is 1.14 bits per heavy atom. The van der Waals surface area contributed by atoms with Crippen LogP contribution in [-0.2, 0) is 6.54 Å². The van der Waals surface area contributed by atoms with Crippen LogP contribution in [0.1, 0.15) is 18.9 Å². The molecule has 1 unspecified atom stereocenters. The van der Waals surface area contributed by atoms with Crippen LogP contribution >= 0.6 is 35.0 Å². The van der Waals surface area contributed by atoms with E-state index in [4.69, 9.17) is 32.7 Å². The lowest BCUT2D eigenvalue weighted by Gasteiger charge is -2.16. The fourth-order valence-corrected chi connectivity index (χ4v) is 3.69. The summed E-state index contributed by atoms with van der Waals surface area (Å²) >= 11 is 13.6. The molecule has 29 heavy (non-hydrogen) atoms. The van der Waals surface area contributed by atoms with E-state index in [9.17, 15) is 0 Å².